The molecule has 0 heterocycles. The van der Waals surface area contributed by atoms with Crippen molar-refractivity contribution in [3.05, 3.63) is 81.9 Å². The highest BCUT2D eigenvalue weighted by Gasteiger charge is 2.30. The van der Waals surface area contributed by atoms with Gasteiger partial charge < -0.3 is 5.32 Å². The van der Waals surface area contributed by atoms with Crippen molar-refractivity contribution in [2.75, 3.05) is 0 Å². The predicted molar refractivity (Wildman–Crippen MR) is 110 cm³/mol. The van der Waals surface area contributed by atoms with E-state index >= 15 is 0 Å². The number of nitrogens with zero attached hydrogens (tertiary/aromatic N) is 1. The second-order valence-electron chi connectivity index (χ2n) is 7.00. The summed E-state index contributed by atoms with van der Waals surface area (Å²) < 4.78 is 0. The van der Waals surface area contributed by atoms with Gasteiger partial charge in [0.1, 0.15) is 0 Å². The Morgan fingerprint density at radius 1 is 1.04 bits per heavy atom. The summed E-state index contributed by atoms with van der Waals surface area (Å²) in [4.78, 5) is 23.3. The van der Waals surface area contributed by atoms with Crippen LogP contribution in [0.3, 0.4) is 0 Å². The van der Waals surface area contributed by atoms with Gasteiger partial charge in [0, 0.05) is 29.5 Å². The summed E-state index contributed by atoms with van der Waals surface area (Å²) in [5.41, 5.74) is 1.34. The van der Waals surface area contributed by atoms with Gasteiger partial charge in [-0.15, -0.1) is 6.42 Å². The Morgan fingerprint density at radius 2 is 1.68 bits per heavy atom. The molecular weight excluding hydrogens is 352 g/mol. The summed E-state index contributed by atoms with van der Waals surface area (Å²) in [6, 6.07) is 15.1. The number of allylic oxidation sites excluding steroid dienone is 1. The minimum absolute atomic E-state index is 0.00168. The largest absolute Gasteiger partial charge is 0.368 e. The summed E-state index contributed by atoms with van der Waals surface area (Å²) in [5, 5.41) is 14.4. The summed E-state index contributed by atoms with van der Waals surface area (Å²) in [7, 11) is 0. The Balaban J connectivity index is 1.98. The number of rotatable bonds is 6. The average molecular weight is 374 g/mol. The van der Waals surface area contributed by atoms with Gasteiger partial charge in [0.05, 0.1) is 10.5 Å². The van der Waals surface area contributed by atoms with Crippen LogP contribution in [0.15, 0.2) is 60.7 Å². The number of carbonyl (C=O) groups excluding carboxylic acids is 1. The van der Waals surface area contributed by atoms with E-state index in [0.717, 1.165) is 32.1 Å². The topological polar surface area (TPSA) is 72.2 Å². The first-order valence-corrected chi connectivity index (χ1v) is 9.35. The maximum absolute atomic E-state index is 12.8. The molecule has 2 aromatic rings. The highest BCUT2D eigenvalue weighted by atomic mass is 16.6. The fraction of sp³-hybridized carbons (Fsp3) is 0.261. The smallest absolute Gasteiger partial charge is 0.269 e. The van der Waals surface area contributed by atoms with Gasteiger partial charge in [0.15, 0.2) is 5.78 Å². The molecule has 5 heteroatoms. The van der Waals surface area contributed by atoms with Crippen LogP contribution in [0, 0.1) is 22.5 Å². The lowest BCUT2D eigenvalue weighted by Gasteiger charge is -2.35. The zero-order valence-corrected chi connectivity index (χ0v) is 15.6. The molecule has 1 saturated carbocycles. The Hall–Kier alpha value is -3.39. The third-order valence-electron chi connectivity index (χ3n) is 5.08. The van der Waals surface area contributed by atoms with E-state index < -0.39 is 10.5 Å². The molecule has 1 aliphatic carbocycles. The van der Waals surface area contributed by atoms with Gasteiger partial charge in [-0.1, -0.05) is 55.5 Å². The van der Waals surface area contributed by atoms with Crippen molar-refractivity contribution >= 4 is 17.2 Å². The normalized spacial score (nSPS) is 16.0. The van der Waals surface area contributed by atoms with Crippen molar-refractivity contribution in [1.29, 1.82) is 0 Å². The fourth-order valence-corrected chi connectivity index (χ4v) is 3.49. The van der Waals surface area contributed by atoms with Gasteiger partial charge in [-0.05, 0) is 30.5 Å². The Labute approximate surface area is 164 Å². The molecule has 3 rings (SSSR count). The number of terminal acetylenes is 1. The molecule has 0 saturated heterocycles. The van der Waals surface area contributed by atoms with E-state index in [1.165, 1.54) is 18.2 Å². The van der Waals surface area contributed by atoms with Gasteiger partial charge >= 0.3 is 0 Å². The zero-order chi connectivity index (χ0) is 20.0. The van der Waals surface area contributed by atoms with Crippen LogP contribution in [-0.4, -0.2) is 16.2 Å². The van der Waals surface area contributed by atoms with Crippen LogP contribution in [0.4, 0.5) is 5.69 Å². The molecule has 0 aromatic heterocycles. The Bertz CT molecular complexity index is 919. The van der Waals surface area contributed by atoms with Gasteiger partial charge in [0.2, 0.25) is 0 Å². The molecule has 2 aromatic carbocycles. The quantitative estimate of drug-likeness (QED) is 0.260. The molecule has 142 valence electrons. The molecule has 1 fully saturated rings. The Morgan fingerprint density at radius 3 is 2.25 bits per heavy atom. The van der Waals surface area contributed by atoms with Crippen molar-refractivity contribution < 1.29 is 9.72 Å². The van der Waals surface area contributed by atoms with Crippen molar-refractivity contribution in [2.45, 2.75) is 37.6 Å². The maximum Gasteiger partial charge on any atom is 0.269 e. The monoisotopic (exact) mass is 374 g/mol. The highest BCUT2D eigenvalue weighted by molar-refractivity contribution is 6.08. The first kappa shape index (κ1) is 19.4. The molecule has 28 heavy (non-hydrogen) atoms. The number of nitro groups is 1. The number of benzene rings is 2. The number of nitrogens with one attached hydrogen (secondary N) is 1. The van der Waals surface area contributed by atoms with Crippen LogP contribution in [0.2, 0.25) is 0 Å². The fourth-order valence-electron chi connectivity index (χ4n) is 3.49. The third kappa shape index (κ3) is 4.47. The van der Waals surface area contributed by atoms with Crippen molar-refractivity contribution in [3.63, 3.8) is 0 Å². The van der Waals surface area contributed by atoms with Crippen molar-refractivity contribution in [2.24, 2.45) is 0 Å². The number of hydrogen-bond acceptors (Lipinski definition) is 4. The van der Waals surface area contributed by atoms with Crippen LogP contribution >= 0.6 is 0 Å². The van der Waals surface area contributed by atoms with E-state index in [4.69, 9.17) is 6.42 Å². The molecular formula is C23H22N2O3. The molecule has 0 atom stereocenters. The molecule has 0 bridgehead atoms. The van der Waals surface area contributed by atoms with Gasteiger partial charge in [0.25, 0.3) is 5.69 Å². The second kappa shape index (κ2) is 8.53. The first-order valence-electron chi connectivity index (χ1n) is 9.35. The summed E-state index contributed by atoms with van der Waals surface area (Å²) in [6.07, 6.45) is 12.2. The lowest BCUT2D eigenvalue weighted by atomic mass is 9.82. The molecule has 0 unspecified atom stereocenters. The lowest BCUT2D eigenvalue weighted by Crippen LogP contribution is -2.44. The number of nitro benzene ring substituents is 1. The van der Waals surface area contributed by atoms with Crippen LogP contribution in [-0.2, 0) is 0 Å². The average Bonchev–Trinajstić information content (AvgIpc) is 2.74. The molecule has 0 amide bonds. The minimum Gasteiger partial charge on any atom is -0.368 e. The first-order chi connectivity index (χ1) is 13.5. The summed E-state index contributed by atoms with van der Waals surface area (Å²) in [6.45, 7) is 0. The number of carbonyl (C=O) groups is 1. The standard InChI is InChI=1S/C23H22N2O3/c1-2-23(15-7-4-8-16-23)24-21(17-22(26)19-9-5-3-6-10-19)18-11-13-20(14-12-18)25(27)28/h1,3,5-6,9-14,17,24H,4,7-8,15-16H2/b21-17-. The molecule has 0 spiro atoms. The summed E-state index contributed by atoms with van der Waals surface area (Å²) in [5.74, 6) is 2.74. The van der Waals surface area contributed by atoms with Crippen LogP contribution in [0.25, 0.3) is 5.70 Å². The lowest BCUT2D eigenvalue weighted by molar-refractivity contribution is -0.384. The van der Waals surface area contributed by atoms with E-state index in [9.17, 15) is 14.9 Å². The van der Waals surface area contributed by atoms with Crippen molar-refractivity contribution in [1.82, 2.24) is 5.32 Å². The van der Waals surface area contributed by atoms with Crippen LogP contribution < -0.4 is 5.32 Å². The zero-order valence-electron chi connectivity index (χ0n) is 15.6. The highest BCUT2D eigenvalue weighted by Crippen LogP contribution is 2.30. The van der Waals surface area contributed by atoms with Gasteiger partial charge in [-0.2, -0.15) is 0 Å². The van der Waals surface area contributed by atoms with Crippen LogP contribution in [0.1, 0.15) is 48.0 Å². The summed E-state index contributed by atoms with van der Waals surface area (Å²) >= 11 is 0. The van der Waals surface area contributed by atoms with Crippen molar-refractivity contribution in [3.8, 4) is 12.3 Å². The maximum atomic E-state index is 12.8. The molecule has 0 radical (unpaired) electrons. The number of hydrogen-bond donors (Lipinski definition) is 1. The Kier molecular flexibility index (Phi) is 5.90. The van der Waals surface area contributed by atoms with Gasteiger partial charge in [-0.3, -0.25) is 14.9 Å². The third-order valence-corrected chi connectivity index (χ3v) is 5.08. The SMILES string of the molecule is C#CC1(N/C(=C\C(=O)c2ccccc2)c2ccc([N+](=O)[O-])cc2)CCCCC1. The predicted octanol–water partition coefficient (Wildman–Crippen LogP) is 4.74. The van der Waals surface area contributed by atoms with Crippen LogP contribution in [0.5, 0.6) is 0 Å². The van der Waals surface area contributed by atoms with E-state index in [-0.39, 0.29) is 11.5 Å². The minimum atomic E-state index is -0.511. The molecule has 0 aliphatic heterocycles. The van der Waals surface area contributed by atoms with E-state index in [2.05, 4.69) is 11.2 Å². The second-order valence-corrected chi connectivity index (χ2v) is 7.00. The van der Waals surface area contributed by atoms with Gasteiger partial charge in [-0.25, -0.2) is 0 Å². The molecule has 1 aliphatic rings. The number of non-ortho nitro benzene ring substituents is 1. The number of ketones is 1. The van der Waals surface area contributed by atoms with E-state index in [0.29, 0.717) is 16.8 Å². The van der Waals surface area contributed by atoms with E-state index in [1.54, 1.807) is 24.3 Å². The van der Waals surface area contributed by atoms with E-state index in [1.807, 2.05) is 18.2 Å². The molecule has 1 N–H and O–H groups in total. The molecule has 5 nitrogen and oxygen atoms in total.